The normalized spacial score (nSPS) is 42.2. The van der Waals surface area contributed by atoms with Crippen LogP contribution in [0.3, 0.4) is 0 Å². The third kappa shape index (κ3) is 7.44. The first-order chi connectivity index (χ1) is 19.1. The number of para-hydroxylation sites is 1. The predicted molar refractivity (Wildman–Crippen MR) is 141 cm³/mol. The van der Waals surface area contributed by atoms with Crippen LogP contribution >= 0.6 is 0 Å². The van der Waals surface area contributed by atoms with Gasteiger partial charge in [0.05, 0.1) is 36.5 Å². The molecular weight excluding hydrogens is 528 g/mol. The van der Waals surface area contributed by atoms with Crippen molar-refractivity contribution >= 4 is 11.8 Å². The highest BCUT2D eigenvalue weighted by Crippen LogP contribution is 2.30. The standard InChI is InChI=1S/C25H42N6O9/c26-9-18-15(32)7-14(29)23(39-18)37-16-8-17(13(28)6-12(16)27)38-24-22(34)20(30)21(33)19(40-24)10-36-25(35)31-11-4-2-1-3-5-11/h1-5,12-24,32-34H,6-10,26-30H2,(H,31,35)/t12-,13+,14+,15-,16-,17+,18+,19+,20-,21+,22+,23-,24-/m0/s1. The molecule has 1 aromatic carbocycles. The molecule has 1 amide bonds. The summed E-state index contributed by atoms with van der Waals surface area (Å²) in [5, 5.41) is 33.9. The van der Waals surface area contributed by atoms with Crippen molar-refractivity contribution in [2.45, 2.75) is 98.7 Å². The van der Waals surface area contributed by atoms with Gasteiger partial charge in [-0.3, -0.25) is 5.32 Å². The lowest BCUT2D eigenvalue weighted by molar-refractivity contribution is -0.299. The number of hydrogen-bond donors (Lipinski definition) is 9. The average Bonchev–Trinajstić information content (AvgIpc) is 2.92. The van der Waals surface area contributed by atoms with Gasteiger partial charge in [-0.25, -0.2) is 4.79 Å². The van der Waals surface area contributed by atoms with E-state index in [2.05, 4.69) is 5.32 Å². The first-order valence-corrected chi connectivity index (χ1v) is 13.4. The Hall–Kier alpha value is -1.99. The molecule has 226 valence electrons. The molecule has 2 heterocycles. The topological polar surface area (TPSA) is 266 Å². The maximum Gasteiger partial charge on any atom is 0.411 e. The fourth-order valence-electron chi connectivity index (χ4n) is 5.15. The van der Waals surface area contributed by atoms with Crippen LogP contribution in [0.15, 0.2) is 30.3 Å². The highest BCUT2D eigenvalue weighted by Gasteiger charge is 2.47. The fourth-order valence-corrected chi connectivity index (χ4v) is 5.15. The summed E-state index contributed by atoms with van der Waals surface area (Å²) in [4.78, 5) is 12.2. The van der Waals surface area contributed by atoms with Crippen molar-refractivity contribution in [3.63, 3.8) is 0 Å². The molecule has 0 radical (unpaired) electrons. The summed E-state index contributed by atoms with van der Waals surface area (Å²) in [6.45, 7) is -0.249. The number of carbonyl (C=O) groups excluding carboxylic acids is 1. The number of nitrogens with one attached hydrogen (secondary N) is 1. The fraction of sp³-hybridized carbons (Fsp3) is 0.720. The van der Waals surface area contributed by atoms with Gasteiger partial charge >= 0.3 is 6.09 Å². The Labute approximate surface area is 232 Å². The molecule has 0 spiro atoms. The van der Waals surface area contributed by atoms with E-state index >= 15 is 0 Å². The zero-order valence-corrected chi connectivity index (χ0v) is 22.1. The minimum Gasteiger partial charge on any atom is -0.446 e. The highest BCUT2D eigenvalue weighted by atomic mass is 16.7. The molecule has 0 aromatic heterocycles. The van der Waals surface area contributed by atoms with Crippen LogP contribution in [0.1, 0.15) is 19.3 Å². The molecule has 15 nitrogen and oxygen atoms in total. The molecule has 2 saturated heterocycles. The lowest BCUT2D eigenvalue weighted by atomic mass is 9.86. The summed E-state index contributed by atoms with van der Waals surface area (Å²) in [6, 6.07) is 5.96. The number of amides is 1. The van der Waals surface area contributed by atoms with Crippen LogP contribution in [0.25, 0.3) is 0 Å². The molecule has 0 unspecified atom stereocenters. The van der Waals surface area contributed by atoms with E-state index in [1.165, 1.54) is 0 Å². The number of anilines is 1. The van der Waals surface area contributed by atoms with Gasteiger partial charge in [0.15, 0.2) is 12.6 Å². The van der Waals surface area contributed by atoms with Gasteiger partial charge in [-0.15, -0.1) is 0 Å². The average molecular weight is 571 g/mol. The summed E-state index contributed by atoms with van der Waals surface area (Å²) in [6.07, 6.45) is -8.55. The Balaban J connectivity index is 1.35. The van der Waals surface area contributed by atoms with Crippen LogP contribution < -0.4 is 34.0 Å². The Morgan fingerprint density at radius 1 is 0.850 bits per heavy atom. The zero-order valence-electron chi connectivity index (χ0n) is 22.1. The highest BCUT2D eigenvalue weighted by molar-refractivity contribution is 5.84. The first kappa shape index (κ1) is 31.0. The van der Waals surface area contributed by atoms with Crippen LogP contribution in [0.4, 0.5) is 10.5 Å². The first-order valence-electron chi connectivity index (χ1n) is 13.4. The number of hydrogen-bond acceptors (Lipinski definition) is 14. The van der Waals surface area contributed by atoms with Gasteiger partial charge in [0.25, 0.3) is 0 Å². The Bertz CT molecular complexity index is 951. The molecule has 3 fully saturated rings. The van der Waals surface area contributed by atoms with E-state index in [9.17, 15) is 20.1 Å². The summed E-state index contributed by atoms with van der Waals surface area (Å²) in [5.74, 6) is 0. The van der Waals surface area contributed by atoms with Gasteiger partial charge in [0.2, 0.25) is 0 Å². The van der Waals surface area contributed by atoms with E-state index in [1.807, 2.05) is 0 Å². The van der Waals surface area contributed by atoms with E-state index < -0.39 is 85.6 Å². The predicted octanol–water partition coefficient (Wildman–Crippen LogP) is -3.01. The number of nitrogens with two attached hydrogens (primary N) is 5. The summed E-state index contributed by atoms with van der Waals surface area (Å²) < 4.78 is 28.9. The Kier molecular flexibility index (Phi) is 10.7. The van der Waals surface area contributed by atoms with Crippen molar-refractivity contribution in [2.24, 2.45) is 28.7 Å². The van der Waals surface area contributed by atoms with Crippen LogP contribution in [-0.2, 0) is 23.7 Å². The number of aliphatic hydroxyl groups excluding tert-OH is 3. The summed E-state index contributed by atoms with van der Waals surface area (Å²) in [7, 11) is 0. The monoisotopic (exact) mass is 570 g/mol. The second kappa shape index (κ2) is 13.8. The van der Waals surface area contributed by atoms with Crippen molar-refractivity contribution in [3.05, 3.63) is 30.3 Å². The van der Waals surface area contributed by atoms with E-state index in [0.29, 0.717) is 12.1 Å². The molecular formula is C25H42N6O9. The maximum atomic E-state index is 12.2. The van der Waals surface area contributed by atoms with E-state index in [1.54, 1.807) is 30.3 Å². The number of aliphatic hydroxyl groups is 3. The summed E-state index contributed by atoms with van der Waals surface area (Å²) in [5.41, 5.74) is 31.0. The molecule has 1 aromatic rings. The quantitative estimate of drug-likeness (QED) is 0.151. The lowest BCUT2D eigenvalue weighted by Gasteiger charge is -2.46. The molecule has 2 aliphatic heterocycles. The summed E-state index contributed by atoms with van der Waals surface area (Å²) >= 11 is 0. The minimum absolute atomic E-state index is 0.100. The van der Waals surface area contributed by atoms with Crippen LogP contribution in [0.5, 0.6) is 0 Å². The van der Waals surface area contributed by atoms with Crippen LogP contribution in [0.2, 0.25) is 0 Å². The second-order valence-electron chi connectivity index (χ2n) is 10.6. The SMILES string of the molecule is NC[C@H]1O[C@H](O[C@H]2C[C@@H](O[C@H]3O[C@H](COC(=O)Nc4ccccc4)[C@@H](O)[C@H](N)[C@H]3O)[C@H](N)C[C@@H]2N)[C@H](N)C[C@@H]1O. The Morgan fingerprint density at radius 3 is 2.12 bits per heavy atom. The molecule has 4 rings (SSSR count). The molecule has 15 heteroatoms. The molecule has 0 bridgehead atoms. The zero-order chi connectivity index (χ0) is 29.0. The van der Waals surface area contributed by atoms with E-state index in [-0.39, 0.29) is 26.0 Å². The van der Waals surface area contributed by atoms with Gasteiger partial charge in [0.1, 0.15) is 24.9 Å². The lowest BCUT2D eigenvalue weighted by Crippen LogP contribution is -2.65. The molecule has 14 N–H and O–H groups in total. The van der Waals surface area contributed by atoms with Crippen molar-refractivity contribution in [1.29, 1.82) is 0 Å². The van der Waals surface area contributed by atoms with Crippen LogP contribution in [0, 0.1) is 0 Å². The van der Waals surface area contributed by atoms with Gasteiger partial charge in [-0.2, -0.15) is 0 Å². The Morgan fingerprint density at radius 2 is 1.48 bits per heavy atom. The third-order valence-electron chi connectivity index (χ3n) is 7.57. The minimum atomic E-state index is -1.39. The molecule has 1 aliphatic carbocycles. The smallest absolute Gasteiger partial charge is 0.411 e. The van der Waals surface area contributed by atoms with Crippen molar-refractivity contribution < 1.29 is 43.8 Å². The van der Waals surface area contributed by atoms with Crippen molar-refractivity contribution in [1.82, 2.24) is 0 Å². The molecule has 40 heavy (non-hydrogen) atoms. The molecule has 3 aliphatic rings. The number of rotatable bonds is 8. The van der Waals surface area contributed by atoms with Gasteiger partial charge in [0, 0.05) is 30.7 Å². The largest absolute Gasteiger partial charge is 0.446 e. The van der Waals surface area contributed by atoms with Gasteiger partial charge in [-0.1, -0.05) is 18.2 Å². The number of ether oxygens (including phenoxy) is 5. The van der Waals surface area contributed by atoms with E-state index in [0.717, 1.165) is 0 Å². The molecule has 13 atom stereocenters. The van der Waals surface area contributed by atoms with Gasteiger partial charge < -0.3 is 67.7 Å². The second-order valence-corrected chi connectivity index (χ2v) is 10.6. The molecule has 1 saturated carbocycles. The van der Waals surface area contributed by atoms with Crippen molar-refractivity contribution in [2.75, 3.05) is 18.5 Å². The number of carbonyl (C=O) groups is 1. The van der Waals surface area contributed by atoms with Crippen LogP contribution in [-0.4, -0.2) is 114 Å². The van der Waals surface area contributed by atoms with E-state index in [4.69, 9.17) is 52.4 Å². The van der Waals surface area contributed by atoms with Gasteiger partial charge in [-0.05, 0) is 25.0 Å². The number of benzene rings is 1. The maximum absolute atomic E-state index is 12.2. The third-order valence-corrected chi connectivity index (χ3v) is 7.57. The van der Waals surface area contributed by atoms with Crippen molar-refractivity contribution in [3.8, 4) is 0 Å².